The first kappa shape index (κ1) is 22.9. The Morgan fingerprint density at radius 3 is 2.25 bits per heavy atom. The Labute approximate surface area is 163 Å². The number of hydrogen-bond donors (Lipinski definition) is 1. The first-order valence-electron chi connectivity index (χ1n) is 9.28. The normalized spacial score (nSPS) is 24.1. The topological polar surface area (TPSA) is 41.9 Å². The minimum absolute atomic E-state index is 0.224. The largest absolute Gasteiger partial charge is 0.496 e. The van der Waals surface area contributed by atoms with Crippen LogP contribution in [0.15, 0.2) is 18.2 Å². The third-order valence-corrected chi connectivity index (χ3v) is 5.13. The molecule has 28 heavy (non-hydrogen) atoms. The lowest BCUT2D eigenvalue weighted by atomic mass is 9.74. The van der Waals surface area contributed by atoms with E-state index in [1.807, 2.05) is 0 Å². The summed E-state index contributed by atoms with van der Waals surface area (Å²) in [5.74, 6) is -0.292. The van der Waals surface area contributed by atoms with Gasteiger partial charge in [-0.05, 0) is 43.9 Å². The fourth-order valence-electron chi connectivity index (χ4n) is 4.06. The van der Waals surface area contributed by atoms with Crippen molar-refractivity contribution in [1.82, 2.24) is 4.90 Å². The number of benzene rings is 1. The molecule has 1 heterocycles. The highest BCUT2D eigenvalue weighted by Gasteiger charge is 2.57. The number of hydrogen-bond acceptors (Lipinski definition) is 4. The zero-order valence-corrected chi connectivity index (χ0v) is 16.9. The van der Waals surface area contributed by atoms with E-state index in [1.54, 1.807) is 32.6 Å². The fraction of sp³-hybridized carbons (Fsp3) is 0.700. The average Bonchev–Trinajstić information content (AvgIpc) is 2.52. The molecule has 0 amide bonds. The molecule has 4 nitrogen and oxygen atoms in total. The molecule has 160 valence electrons. The van der Waals surface area contributed by atoms with Crippen molar-refractivity contribution in [1.29, 1.82) is 0 Å². The Hall–Kier alpha value is -1.38. The van der Waals surface area contributed by atoms with Crippen molar-refractivity contribution in [3.8, 4) is 5.75 Å². The van der Waals surface area contributed by atoms with Crippen LogP contribution in [-0.4, -0.2) is 60.7 Å². The van der Waals surface area contributed by atoms with E-state index in [2.05, 4.69) is 0 Å². The van der Waals surface area contributed by atoms with Gasteiger partial charge in [0.15, 0.2) is 5.60 Å². The summed E-state index contributed by atoms with van der Waals surface area (Å²) in [6.07, 6.45) is -5.94. The van der Waals surface area contributed by atoms with Crippen LogP contribution in [0.5, 0.6) is 5.75 Å². The zero-order valence-electron chi connectivity index (χ0n) is 16.9. The molecule has 0 spiro atoms. The molecule has 2 rings (SSSR count). The van der Waals surface area contributed by atoms with Crippen molar-refractivity contribution in [2.75, 3.05) is 26.7 Å². The van der Waals surface area contributed by atoms with Gasteiger partial charge in [-0.2, -0.15) is 13.2 Å². The number of methoxy groups -OCH3 is 1. The highest BCUT2D eigenvalue weighted by atomic mass is 19.4. The summed E-state index contributed by atoms with van der Waals surface area (Å²) in [5, 5.41) is 10.8. The molecule has 0 radical (unpaired) electrons. The van der Waals surface area contributed by atoms with Crippen LogP contribution in [0.3, 0.4) is 0 Å². The Bertz CT molecular complexity index is 670. The van der Waals surface area contributed by atoms with Gasteiger partial charge >= 0.3 is 6.18 Å². The van der Waals surface area contributed by atoms with Gasteiger partial charge in [0.2, 0.25) is 0 Å². The highest BCUT2D eigenvalue weighted by molar-refractivity contribution is 5.39. The molecule has 1 aromatic carbocycles. The summed E-state index contributed by atoms with van der Waals surface area (Å²) in [4.78, 5) is 1.57. The van der Waals surface area contributed by atoms with E-state index in [0.717, 1.165) is 6.07 Å². The molecule has 1 aliphatic heterocycles. The van der Waals surface area contributed by atoms with Crippen LogP contribution in [0.25, 0.3) is 0 Å². The van der Waals surface area contributed by atoms with Gasteiger partial charge in [-0.1, -0.05) is 13.8 Å². The maximum atomic E-state index is 13.9. The van der Waals surface area contributed by atoms with Gasteiger partial charge in [-0.25, -0.2) is 4.39 Å². The molecule has 0 saturated carbocycles. The second-order valence-corrected chi connectivity index (χ2v) is 8.39. The van der Waals surface area contributed by atoms with E-state index >= 15 is 0 Å². The minimum Gasteiger partial charge on any atom is -0.496 e. The van der Waals surface area contributed by atoms with E-state index < -0.39 is 36.0 Å². The number of β-amino-alcohol motifs (C(OH)–C–C–N with tert-alkyl or cyclic N) is 1. The van der Waals surface area contributed by atoms with Gasteiger partial charge in [0.1, 0.15) is 11.6 Å². The second kappa shape index (κ2) is 8.16. The van der Waals surface area contributed by atoms with Crippen molar-refractivity contribution >= 4 is 0 Å². The number of rotatable bonds is 6. The molecule has 0 aliphatic carbocycles. The summed E-state index contributed by atoms with van der Waals surface area (Å²) < 4.78 is 66.4. The van der Waals surface area contributed by atoms with E-state index in [1.165, 1.54) is 19.2 Å². The van der Waals surface area contributed by atoms with Gasteiger partial charge in [0.25, 0.3) is 0 Å². The maximum Gasteiger partial charge on any atom is 0.418 e. The summed E-state index contributed by atoms with van der Waals surface area (Å²) in [7, 11) is 1.37. The van der Waals surface area contributed by atoms with Crippen LogP contribution in [0.1, 0.15) is 39.7 Å². The number of ether oxygens (including phenoxy) is 2. The van der Waals surface area contributed by atoms with E-state index in [0.29, 0.717) is 13.1 Å². The second-order valence-electron chi connectivity index (χ2n) is 8.39. The Morgan fingerprint density at radius 2 is 1.75 bits per heavy atom. The maximum absolute atomic E-state index is 13.9. The molecular weight excluding hydrogens is 378 g/mol. The molecule has 1 N–H and O–H groups in total. The Balaban J connectivity index is 2.34. The van der Waals surface area contributed by atoms with Crippen molar-refractivity contribution in [3.05, 3.63) is 29.6 Å². The Kier molecular flexibility index (Phi) is 6.68. The van der Waals surface area contributed by atoms with Crippen molar-refractivity contribution in [3.63, 3.8) is 0 Å². The molecule has 3 unspecified atom stereocenters. The highest BCUT2D eigenvalue weighted by Crippen LogP contribution is 2.44. The van der Waals surface area contributed by atoms with Crippen LogP contribution in [0.4, 0.5) is 17.6 Å². The lowest BCUT2D eigenvalue weighted by Gasteiger charge is -2.43. The molecular formula is C20H29F4NO3. The van der Waals surface area contributed by atoms with Crippen molar-refractivity contribution < 1.29 is 32.1 Å². The Morgan fingerprint density at radius 1 is 1.18 bits per heavy atom. The number of alkyl halides is 3. The number of halogens is 4. The van der Waals surface area contributed by atoms with Gasteiger partial charge < -0.3 is 14.6 Å². The van der Waals surface area contributed by atoms with Crippen LogP contribution in [-0.2, 0) is 10.2 Å². The molecule has 0 bridgehead atoms. The third-order valence-electron chi connectivity index (χ3n) is 5.13. The first-order chi connectivity index (χ1) is 12.8. The fourth-order valence-corrected chi connectivity index (χ4v) is 4.06. The smallest absolute Gasteiger partial charge is 0.418 e. The lowest BCUT2D eigenvalue weighted by Crippen LogP contribution is -2.59. The molecule has 3 atom stereocenters. The summed E-state index contributed by atoms with van der Waals surface area (Å²) in [6, 6.07) is 3.73. The minimum atomic E-state index is -4.85. The molecule has 1 saturated heterocycles. The summed E-state index contributed by atoms with van der Waals surface area (Å²) >= 11 is 0. The average molecular weight is 407 g/mol. The number of nitrogens with zero attached hydrogens (tertiary/aromatic N) is 1. The molecule has 8 heteroatoms. The summed E-state index contributed by atoms with van der Waals surface area (Å²) in [6.45, 7) is 6.69. The molecule has 1 aromatic rings. The third kappa shape index (κ3) is 5.15. The lowest BCUT2D eigenvalue weighted by molar-refractivity contribution is -0.274. The van der Waals surface area contributed by atoms with Crippen LogP contribution < -0.4 is 4.74 Å². The monoisotopic (exact) mass is 407 g/mol. The SMILES string of the molecule is COc1ccc(F)cc1C(C)(C)CC(O)(CN1CC(C)OC(C)C1)C(F)(F)F. The van der Waals surface area contributed by atoms with Crippen molar-refractivity contribution in [2.24, 2.45) is 0 Å². The predicted octanol–water partition coefficient (Wildman–Crippen LogP) is 3.90. The number of morpholine rings is 1. The van der Waals surface area contributed by atoms with Gasteiger partial charge in [0.05, 0.1) is 19.3 Å². The number of aliphatic hydroxyl groups is 1. The van der Waals surface area contributed by atoms with E-state index in [-0.39, 0.29) is 23.5 Å². The van der Waals surface area contributed by atoms with Crippen LogP contribution in [0, 0.1) is 5.82 Å². The van der Waals surface area contributed by atoms with E-state index in [9.17, 15) is 22.7 Å². The quantitative estimate of drug-likeness (QED) is 0.727. The van der Waals surface area contributed by atoms with E-state index in [4.69, 9.17) is 9.47 Å². The van der Waals surface area contributed by atoms with Crippen LogP contribution in [0.2, 0.25) is 0 Å². The van der Waals surface area contributed by atoms with Gasteiger partial charge in [0, 0.05) is 25.2 Å². The van der Waals surface area contributed by atoms with Crippen LogP contribution >= 0.6 is 0 Å². The summed E-state index contributed by atoms with van der Waals surface area (Å²) in [5.41, 5.74) is -3.88. The predicted molar refractivity (Wildman–Crippen MR) is 98.0 cm³/mol. The molecule has 0 aromatic heterocycles. The first-order valence-corrected chi connectivity index (χ1v) is 9.28. The zero-order chi connectivity index (χ0) is 21.3. The van der Waals surface area contributed by atoms with Gasteiger partial charge in [-0.3, -0.25) is 4.90 Å². The van der Waals surface area contributed by atoms with Gasteiger partial charge in [-0.15, -0.1) is 0 Å². The standard InChI is InChI=1S/C20H29F4NO3/c1-13-9-25(10-14(2)28-13)12-19(26,20(22,23)24)11-18(3,4)16-8-15(21)6-7-17(16)27-5/h6-8,13-14,26H,9-12H2,1-5H3. The molecule has 1 aliphatic rings. The molecule has 1 fully saturated rings. The van der Waals surface area contributed by atoms with Crippen molar-refractivity contribution in [2.45, 2.75) is 63.5 Å².